The van der Waals surface area contributed by atoms with Crippen LogP contribution in [0.1, 0.15) is 38.9 Å². The van der Waals surface area contributed by atoms with Crippen LogP contribution < -0.4 is 0 Å². The monoisotopic (exact) mass is 316 g/mol. The first-order chi connectivity index (χ1) is 11.4. The van der Waals surface area contributed by atoms with Gasteiger partial charge in [-0.1, -0.05) is 66.7 Å². The summed E-state index contributed by atoms with van der Waals surface area (Å²) < 4.78 is 0. The molecule has 0 aliphatic carbocycles. The van der Waals surface area contributed by atoms with Crippen LogP contribution in [0.2, 0.25) is 0 Å². The van der Waals surface area contributed by atoms with E-state index in [-0.39, 0.29) is 0 Å². The average molecular weight is 316 g/mol. The molecule has 0 saturated heterocycles. The molecule has 0 saturated carbocycles. The molecule has 0 heterocycles. The van der Waals surface area contributed by atoms with Crippen molar-refractivity contribution >= 4 is 0 Å². The minimum absolute atomic E-state index is 0.886. The number of aryl methyl sites for hydroxylation is 4. The molecule has 3 aromatic rings. The van der Waals surface area contributed by atoms with Crippen molar-refractivity contribution in [3.8, 4) is 0 Å². The lowest BCUT2D eigenvalue weighted by atomic mass is 9.79. The van der Waals surface area contributed by atoms with Gasteiger partial charge in [0.2, 0.25) is 0 Å². The molecule has 1 nitrogen and oxygen atoms in total. The highest BCUT2D eigenvalue weighted by molar-refractivity contribution is 5.50. The number of aliphatic hydroxyl groups is 1. The van der Waals surface area contributed by atoms with E-state index in [0.717, 1.165) is 16.7 Å². The summed E-state index contributed by atoms with van der Waals surface area (Å²) in [4.78, 5) is 0. The Morgan fingerprint density at radius 3 is 1.42 bits per heavy atom. The van der Waals surface area contributed by atoms with E-state index in [1.165, 1.54) is 22.3 Å². The van der Waals surface area contributed by atoms with E-state index in [1.807, 2.05) is 42.5 Å². The van der Waals surface area contributed by atoms with Crippen molar-refractivity contribution in [3.05, 3.63) is 106 Å². The van der Waals surface area contributed by atoms with Gasteiger partial charge in [0.05, 0.1) is 0 Å². The number of hydrogen-bond donors (Lipinski definition) is 1. The Balaban J connectivity index is 2.28. The molecule has 0 unspecified atom stereocenters. The highest BCUT2D eigenvalue weighted by atomic mass is 16.3. The van der Waals surface area contributed by atoms with Gasteiger partial charge in [-0.05, 0) is 66.6 Å². The number of hydrogen-bond acceptors (Lipinski definition) is 1. The topological polar surface area (TPSA) is 20.2 Å². The first kappa shape index (κ1) is 16.5. The first-order valence-corrected chi connectivity index (χ1v) is 8.36. The fourth-order valence-electron chi connectivity index (χ4n) is 3.11. The molecule has 0 amide bonds. The fourth-order valence-corrected chi connectivity index (χ4v) is 3.11. The molecular formula is C23H24O. The SMILES string of the molecule is Cc1ccc(C(O)(c2ccccc2)c2ccc(C)c(C)c2)cc1C. The summed E-state index contributed by atoms with van der Waals surface area (Å²) in [5, 5.41) is 11.9. The van der Waals surface area contributed by atoms with Crippen LogP contribution in [0.25, 0.3) is 0 Å². The summed E-state index contributed by atoms with van der Waals surface area (Å²) in [5.41, 5.74) is 6.37. The lowest BCUT2D eigenvalue weighted by Crippen LogP contribution is -2.29. The van der Waals surface area contributed by atoms with Crippen molar-refractivity contribution in [2.45, 2.75) is 33.3 Å². The largest absolute Gasteiger partial charge is 0.376 e. The molecule has 0 aliphatic heterocycles. The number of rotatable bonds is 3. The minimum atomic E-state index is -1.15. The Labute approximate surface area is 144 Å². The van der Waals surface area contributed by atoms with Crippen molar-refractivity contribution < 1.29 is 5.11 Å². The Bertz CT molecular complexity index is 811. The maximum absolute atomic E-state index is 11.9. The summed E-state index contributed by atoms with van der Waals surface area (Å²) in [6.45, 7) is 8.36. The molecule has 0 aliphatic rings. The molecule has 0 radical (unpaired) electrons. The second-order valence-corrected chi connectivity index (χ2v) is 6.67. The molecule has 1 N–H and O–H groups in total. The molecule has 122 valence electrons. The summed E-state index contributed by atoms with van der Waals surface area (Å²) in [5.74, 6) is 0. The molecule has 0 spiro atoms. The molecule has 3 rings (SSSR count). The van der Waals surface area contributed by atoms with E-state index in [1.54, 1.807) is 0 Å². The third-order valence-corrected chi connectivity index (χ3v) is 5.04. The van der Waals surface area contributed by atoms with Gasteiger partial charge < -0.3 is 5.11 Å². The van der Waals surface area contributed by atoms with Gasteiger partial charge in [-0.15, -0.1) is 0 Å². The lowest BCUT2D eigenvalue weighted by Gasteiger charge is -2.31. The van der Waals surface area contributed by atoms with Gasteiger partial charge in [0, 0.05) is 0 Å². The van der Waals surface area contributed by atoms with Crippen molar-refractivity contribution in [1.82, 2.24) is 0 Å². The Kier molecular flexibility index (Phi) is 4.29. The van der Waals surface area contributed by atoms with Gasteiger partial charge in [-0.3, -0.25) is 0 Å². The normalized spacial score (nSPS) is 11.5. The summed E-state index contributed by atoms with van der Waals surface area (Å²) >= 11 is 0. The van der Waals surface area contributed by atoms with Gasteiger partial charge in [0.1, 0.15) is 5.60 Å². The standard InChI is InChI=1S/C23H24O/c1-16-10-12-21(14-18(16)3)23(24,20-8-6-5-7-9-20)22-13-11-17(2)19(4)15-22/h5-15,24H,1-4H3. The maximum atomic E-state index is 11.9. The quantitative estimate of drug-likeness (QED) is 0.658. The highest BCUT2D eigenvalue weighted by Crippen LogP contribution is 2.37. The molecular weight excluding hydrogens is 292 g/mol. The van der Waals surface area contributed by atoms with Crippen LogP contribution >= 0.6 is 0 Å². The fraction of sp³-hybridized carbons (Fsp3) is 0.217. The molecule has 1 heteroatoms. The summed E-state index contributed by atoms with van der Waals surface area (Å²) in [6, 6.07) is 22.3. The molecule has 0 bridgehead atoms. The summed E-state index contributed by atoms with van der Waals surface area (Å²) in [7, 11) is 0. The van der Waals surface area contributed by atoms with Crippen LogP contribution in [-0.4, -0.2) is 5.11 Å². The van der Waals surface area contributed by atoms with E-state index in [9.17, 15) is 5.11 Å². The Morgan fingerprint density at radius 1 is 0.542 bits per heavy atom. The molecule has 0 atom stereocenters. The average Bonchev–Trinajstić information content (AvgIpc) is 2.60. The van der Waals surface area contributed by atoms with Gasteiger partial charge in [-0.25, -0.2) is 0 Å². The van der Waals surface area contributed by atoms with Crippen LogP contribution in [0, 0.1) is 27.7 Å². The maximum Gasteiger partial charge on any atom is 0.140 e. The van der Waals surface area contributed by atoms with Gasteiger partial charge in [0.25, 0.3) is 0 Å². The second-order valence-electron chi connectivity index (χ2n) is 6.67. The van der Waals surface area contributed by atoms with Gasteiger partial charge >= 0.3 is 0 Å². The third kappa shape index (κ3) is 2.76. The molecule has 0 fully saturated rings. The summed E-state index contributed by atoms with van der Waals surface area (Å²) in [6.07, 6.45) is 0. The second kappa shape index (κ2) is 6.26. The zero-order valence-electron chi connectivity index (χ0n) is 14.8. The lowest BCUT2D eigenvalue weighted by molar-refractivity contribution is 0.125. The van der Waals surface area contributed by atoms with E-state index >= 15 is 0 Å². The van der Waals surface area contributed by atoms with Gasteiger partial charge in [0.15, 0.2) is 0 Å². The van der Waals surface area contributed by atoms with Crippen LogP contribution in [-0.2, 0) is 5.60 Å². The van der Waals surface area contributed by atoms with Crippen LogP contribution in [0.5, 0.6) is 0 Å². The van der Waals surface area contributed by atoms with E-state index in [4.69, 9.17) is 0 Å². The Morgan fingerprint density at radius 2 is 1.00 bits per heavy atom. The van der Waals surface area contributed by atoms with Crippen molar-refractivity contribution in [2.75, 3.05) is 0 Å². The number of benzene rings is 3. The van der Waals surface area contributed by atoms with E-state index in [0.29, 0.717) is 0 Å². The molecule has 3 aromatic carbocycles. The molecule has 24 heavy (non-hydrogen) atoms. The third-order valence-electron chi connectivity index (χ3n) is 5.04. The van der Waals surface area contributed by atoms with Crippen molar-refractivity contribution in [2.24, 2.45) is 0 Å². The zero-order valence-corrected chi connectivity index (χ0v) is 14.8. The van der Waals surface area contributed by atoms with Crippen molar-refractivity contribution in [3.63, 3.8) is 0 Å². The van der Waals surface area contributed by atoms with E-state index < -0.39 is 5.60 Å². The zero-order chi connectivity index (χ0) is 17.3. The van der Waals surface area contributed by atoms with Crippen molar-refractivity contribution in [1.29, 1.82) is 0 Å². The van der Waals surface area contributed by atoms with Crippen LogP contribution in [0.4, 0.5) is 0 Å². The van der Waals surface area contributed by atoms with Crippen LogP contribution in [0.15, 0.2) is 66.7 Å². The predicted octanol–water partition coefficient (Wildman–Crippen LogP) is 5.20. The minimum Gasteiger partial charge on any atom is -0.376 e. The molecule has 0 aromatic heterocycles. The first-order valence-electron chi connectivity index (χ1n) is 8.36. The van der Waals surface area contributed by atoms with Crippen LogP contribution in [0.3, 0.4) is 0 Å². The highest BCUT2D eigenvalue weighted by Gasteiger charge is 2.34. The van der Waals surface area contributed by atoms with E-state index in [2.05, 4.69) is 52.0 Å². The smallest absolute Gasteiger partial charge is 0.140 e. The predicted molar refractivity (Wildman–Crippen MR) is 100 cm³/mol. The van der Waals surface area contributed by atoms with Gasteiger partial charge in [-0.2, -0.15) is 0 Å². The Hall–Kier alpha value is -2.38.